The highest BCUT2D eigenvalue weighted by molar-refractivity contribution is 6.11. The largest absolute Gasteiger partial charge is 0.288 e. The van der Waals surface area contributed by atoms with Crippen LogP contribution < -0.4 is 0 Å². The first-order chi connectivity index (χ1) is 8.61. The molecule has 1 heterocycles. The Morgan fingerprint density at radius 1 is 1.22 bits per heavy atom. The second kappa shape index (κ2) is 4.75. The van der Waals surface area contributed by atoms with Gasteiger partial charge in [0.2, 0.25) is 0 Å². The van der Waals surface area contributed by atoms with Gasteiger partial charge in [-0.1, -0.05) is 12.1 Å². The number of ketones is 1. The average Bonchev–Trinajstić information content (AvgIpc) is 2.38. The smallest absolute Gasteiger partial charge is 0.283 e. The lowest BCUT2D eigenvalue weighted by Crippen LogP contribution is -2.06. The van der Waals surface area contributed by atoms with Crippen LogP contribution in [0.15, 0.2) is 42.7 Å². The number of aromatic nitrogens is 1. The molecule has 0 N–H and O–H groups in total. The van der Waals surface area contributed by atoms with Gasteiger partial charge in [-0.05, 0) is 25.1 Å². The molecular formula is C13H10N2O3. The van der Waals surface area contributed by atoms with Crippen molar-refractivity contribution < 1.29 is 9.72 Å². The molecule has 2 aromatic rings. The summed E-state index contributed by atoms with van der Waals surface area (Å²) in [7, 11) is 0. The van der Waals surface area contributed by atoms with Gasteiger partial charge in [-0.3, -0.25) is 19.9 Å². The molecule has 0 aliphatic heterocycles. The molecule has 0 saturated heterocycles. The molecule has 0 fully saturated rings. The molecular weight excluding hydrogens is 232 g/mol. The number of benzene rings is 1. The van der Waals surface area contributed by atoms with Crippen molar-refractivity contribution in [3.63, 3.8) is 0 Å². The third-order valence-electron chi connectivity index (χ3n) is 2.61. The molecule has 90 valence electrons. The van der Waals surface area contributed by atoms with E-state index in [1.807, 2.05) is 0 Å². The standard InChI is InChI=1S/C13H10N2O3/c1-9-3-2-4-11(12(9)15(17)18)13(16)10-5-7-14-8-6-10/h2-8H,1H3. The van der Waals surface area contributed by atoms with Crippen molar-refractivity contribution in [2.75, 3.05) is 0 Å². The van der Waals surface area contributed by atoms with E-state index in [-0.39, 0.29) is 17.0 Å². The zero-order valence-corrected chi connectivity index (χ0v) is 9.66. The third kappa shape index (κ3) is 2.10. The molecule has 0 atom stereocenters. The highest BCUT2D eigenvalue weighted by atomic mass is 16.6. The lowest BCUT2D eigenvalue weighted by Gasteiger charge is -2.04. The number of nitrogens with zero attached hydrogens (tertiary/aromatic N) is 2. The number of para-hydroxylation sites is 1. The molecule has 0 aliphatic rings. The highest BCUT2D eigenvalue weighted by Crippen LogP contribution is 2.25. The van der Waals surface area contributed by atoms with E-state index in [1.165, 1.54) is 30.6 Å². The van der Waals surface area contributed by atoms with E-state index in [2.05, 4.69) is 4.98 Å². The predicted octanol–water partition coefficient (Wildman–Crippen LogP) is 2.53. The topological polar surface area (TPSA) is 73.1 Å². The monoisotopic (exact) mass is 242 g/mol. The lowest BCUT2D eigenvalue weighted by atomic mass is 10.0. The first-order valence-electron chi connectivity index (χ1n) is 5.30. The van der Waals surface area contributed by atoms with Crippen molar-refractivity contribution in [1.29, 1.82) is 0 Å². The van der Waals surface area contributed by atoms with Crippen LogP contribution in [0.1, 0.15) is 21.5 Å². The number of pyridine rings is 1. The molecule has 2 rings (SSSR count). The van der Waals surface area contributed by atoms with Gasteiger partial charge in [0.05, 0.1) is 4.92 Å². The van der Waals surface area contributed by atoms with Crippen LogP contribution in [-0.2, 0) is 0 Å². The Morgan fingerprint density at radius 3 is 2.50 bits per heavy atom. The van der Waals surface area contributed by atoms with Crippen LogP contribution in [-0.4, -0.2) is 15.7 Å². The number of nitro benzene ring substituents is 1. The quantitative estimate of drug-likeness (QED) is 0.471. The van der Waals surface area contributed by atoms with E-state index in [0.717, 1.165) is 0 Å². The lowest BCUT2D eigenvalue weighted by molar-refractivity contribution is -0.385. The maximum absolute atomic E-state index is 12.2. The predicted molar refractivity (Wildman–Crippen MR) is 65.5 cm³/mol. The Kier molecular flexibility index (Phi) is 3.14. The molecule has 0 bridgehead atoms. The van der Waals surface area contributed by atoms with E-state index in [9.17, 15) is 14.9 Å². The van der Waals surface area contributed by atoms with E-state index >= 15 is 0 Å². The second-order valence-corrected chi connectivity index (χ2v) is 3.79. The number of nitro groups is 1. The molecule has 0 amide bonds. The number of rotatable bonds is 3. The fourth-order valence-corrected chi connectivity index (χ4v) is 1.74. The first-order valence-corrected chi connectivity index (χ1v) is 5.30. The summed E-state index contributed by atoms with van der Waals surface area (Å²) in [5.41, 5.74) is 0.823. The summed E-state index contributed by atoms with van der Waals surface area (Å²) >= 11 is 0. The normalized spacial score (nSPS) is 10.1. The minimum atomic E-state index is -0.524. The average molecular weight is 242 g/mol. The maximum Gasteiger partial charge on any atom is 0.283 e. The Morgan fingerprint density at radius 2 is 1.89 bits per heavy atom. The molecule has 5 nitrogen and oxygen atoms in total. The highest BCUT2D eigenvalue weighted by Gasteiger charge is 2.22. The van der Waals surface area contributed by atoms with Crippen LogP contribution in [0.25, 0.3) is 0 Å². The van der Waals surface area contributed by atoms with Crippen molar-refractivity contribution in [2.24, 2.45) is 0 Å². The Bertz CT molecular complexity index is 609. The van der Waals surface area contributed by atoms with Gasteiger partial charge in [0.15, 0.2) is 5.78 Å². The zero-order valence-electron chi connectivity index (χ0n) is 9.66. The van der Waals surface area contributed by atoms with Crippen LogP contribution in [0.3, 0.4) is 0 Å². The molecule has 18 heavy (non-hydrogen) atoms. The van der Waals surface area contributed by atoms with Gasteiger partial charge >= 0.3 is 0 Å². The van der Waals surface area contributed by atoms with Gasteiger partial charge in [-0.15, -0.1) is 0 Å². The molecule has 0 aliphatic carbocycles. The van der Waals surface area contributed by atoms with Crippen molar-refractivity contribution in [1.82, 2.24) is 4.98 Å². The summed E-state index contributed by atoms with van der Waals surface area (Å²) in [5.74, 6) is -0.368. The van der Waals surface area contributed by atoms with E-state index in [4.69, 9.17) is 0 Å². The SMILES string of the molecule is Cc1cccc(C(=O)c2ccncc2)c1[N+](=O)[O-]. The number of hydrogen-bond acceptors (Lipinski definition) is 4. The molecule has 1 aromatic carbocycles. The molecule has 0 spiro atoms. The Hall–Kier alpha value is -2.56. The number of aryl methyl sites for hydroxylation is 1. The molecule has 0 radical (unpaired) electrons. The minimum Gasteiger partial charge on any atom is -0.288 e. The van der Waals surface area contributed by atoms with Crippen LogP contribution in [0.5, 0.6) is 0 Å². The number of carbonyl (C=O) groups excluding carboxylic acids is 1. The van der Waals surface area contributed by atoms with Crippen LogP contribution in [0, 0.1) is 17.0 Å². The summed E-state index contributed by atoms with van der Waals surface area (Å²) in [6, 6.07) is 7.79. The first kappa shape index (κ1) is 11.9. The summed E-state index contributed by atoms with van der Waals surface area (Å²) < 4.78 is 0. The van der Waals surface area contributed by atoms with Gasteiger partial charge < -0.3 is 0 Å². The van der Waals surface area contributed by atoms with Crippen molar-refractivity contribution >= 4 is 11.5 Å². The number of hydrogen-bond donors (Lipinski definition) is 0. The Labute approximate surface area is 103 Å². The van der Waals surface area contributed by atoms with Crippen molar-refractivity contribution in [2.45, 2.75) is 6.92 Å². The molecule has 1 aromatic heterocycles. The second-order valence-electron chi connectivity index (χ2n) is 3.79. The molecule has 5 heteroatoms. The fourth-order valence-electron chi connectivity index (χ4n) is 1.74. The summed E-state index contributed by atoms with van der Waals surface area (Å²) in [6.07, 6.45) is 2.96. The van der Waals surface area contributed by atoms with Gasteiger partial charge in [0, 0.05) is 23.5 Å². The van der Waals surface area contributed by atoms with E-state index in [1.54, 1.807) is 19.1 Å². The summed E-state index contributed by atoms with van der Waals surface area (Å²) in [4.78, 5) is 26.5. The van der Waals surface area contributed by atoms with Crippen LogP contribution >= 0.6 is 0 Å². The maximum atomic E-state index is 12.2. The summed E-state index contributed by atoms with van der Waals surface area (Å²) in [5, 5.41) is 11.0. The minimum absolute atomic E-state index is 0.103. The number of carbonyl (C=O) groups is 1. The third-order valence-corrected chi connectivity index (χ3v) is 2.61. The van der Waals surface area contributed by atoms with E-state index in [0.29, 0.717) is 11.1 Å². The zero-order chi connectivity index (χ0) is 13.1. The summed E-state index contributed by atoms with van der Waals surface area (Å²) in [6.45, 7) is 1.61. The van der Waals surface area contributed by atoms with Gasteiger partial charge in [-0.2, -0.15) is 0 Å². The van der Waals surface area contributed by atoms with Crippen molar-refractivity contribution in [3.05, 3.63) is 69.5 Å². The Balaban J connectivity index is 2.56. The molecule has 0 saturated carbocycles. The van der Waals surface area contributed by atoms with Crippen LogP contribution in [0.2, 0.25) is 0 Å². The van der Waals surface area contributed by atoms with E-state index < -0.39 is 4.92 Å². The fraction of sp³-hybridized carbons (Fsp3) is 0.0769. The van der Waals surface area contributed by atoms with Gasteiger partial charge in [0.25, 0.3) is 5.69 Å². The molecule has 0 unspecified atom stereocenters. The van der Waals surface area contributed by atoms with Crippen LogP contribution in [0.4, 0.5) is 5.69 Å². The van der Waals surface area contributed by atoms with Crippen molar-refractivity contribution in [3.8, 4) is 0 Å². The van der Waals surface area contributed by atoms with Gasteiger partial charge in [0.1, 0.15) is 5.56 Å². The van der Waals surface area contributed by atoms with Gasteiger partial charge in [-0.25, -0.2) is 0 Å².